The van der Waals surface area contributed by atoms with Crippen molar-refractivity contribution in [3.8, 4) is 5.69 Å². The van der Waals surface area contributed by atoms with Gasteiger partial charge in [-0.3, -0.25) is 4.79 Å². The molecule has 4 nitrogen and oxygen atoms in total. The summed E-state index contributed by atoms with van der Waals surface area (Å²) in [6.45, 7) is 2.61. The molecule has 0 spiro atoms. The van der Waals surface area contributed by atoms with E-state index in [1.807, 2.05) is 25.1 Å². The first kappa shape index (κ1) is 17.5. The van der Waals surface area contributed by atoms with Crippen molar-refractivity contribution in [2.24, 2.45) is 0 Å². The van der Waals surface area contributed by atoms with E-state index in [-0.39, 0.29) is 17.1 Å². The summed E-state index contributed by atoms with van der Waals surface area (Å²) in [5.41, 5.74) is 3.49. The Hall–Kier alpha value is -2.95. The zero-order chi connectivity index (χ0) is 18.9. The van der Waals surface area contributed by atoms with E-state index < -0.39 is 0 Å². The third-order valence-electron chi connectivity index (χ3n) is 5.35. The molecule has 1 saturated carbocycles. The van der Waals surface area contributed by atoms with Gasteiger partial charge in [0.15, 0.2) is 0 Å². The summed E-state index contributed by atoms with van der Waals surface area (Å²) in [4.78, 5) is 12.8. The zero-order valence-electron chi connectivity index (χ0n) is 15.3. The molecule has 1 fully saturated rings. The van der Waals surface area contributed by atoms with Crippen molar-refractivity contribution in [2.75, 3.05) is 6.54 Å². The van der Waals surface area contributed by atoms with E-state index in [1.165, 1.54) is 17.7 Å². The van der Waals surface area contributed by atoms with Crippen LogP contribution in [0.25, 0.3) is 5.69 Å². The molecule has 1 amide bonds. The first-order valence-electron chi connectivity index (χ1n) is 9.29. The van der Waals surface area contributed by atoms with Gasteiger partial charge in [-0.25, -0.2) is 9.07 Å². The fraction of sp³-hybridized carbons (Fsp3) is 0.273. The Morgan fingerprint density at radius 1 is 1.15 bits per heavy atom. The quantitative estimate of drug-likeness (QED) is 0.719. The summed E-state index contributed by atoms with van der Waals surface area (Å²) in [5, 5.41) is 7.46. The molecule has 2 aromatic carbocycles. The predicted molar refractivity (Wildman–Crippen MR) is 103 cm³/mol. The summed E-state index contributed by atoms with van der Waals surface area (Å²) in [7, 11) is 0. The van der Waals surface area contributed by atoms with Gasteiger partial charge in [0.2, 0.25) is 0 Å². The Balaban J connectivity index is 1.52. The molecule has 0 radical (unpaired) electrons. The number of halogens is 1. The molecule has 0 bridgehead atoms. The molecular weight excluding hydrogens is 341 g/mol. The van der Waals surface area contributed by atoms with Crippen molar-refractivity contribution in [3.05, 3.63) is 83.4 Å². The van der Waals surface area contributed by atoms with E-state index in [0.29, 0.717) is 18.5 Å². The van der Waals surface area contributed by atoms with Crippen LogP contribution in [0.2, 0.25) is 0 Å². The average molecular weight is 363 g/mol. The largest absolute Gasteiger partial charge is 0.351 e. The van der Waals surface area contributed by atoms with Crippen LogP contribution in [-0.4, -0.2) is 22.2 Å². The fourth-order valence-corrected chi connectivity index (χ4v) is 3.56. The van der Waals surface area contributed by atoms with Crippen molar-refractivity contribution in [2.45, 2.75) is 31.6 Å². The van der Waals surface area contributed by atoms with Crippen molar-refractivity contribution in [1.29, 1.82) is 0 Å². The fourth-order valence-electron chi connectivity index (χ4n) is 3.56. The number of carbonyl (C=O) groups excluding carboxylic acids is 1. The lowest BCUT2D eigenvalue weighted by molar-refractivity contribution is 0.0948. The molecule has 3 aromatic rings. The molecule has 0 unspecified atom stereocenters. The van der Waals surface area contributed by atoms with E-state index in [9.17, 15) is 9.18 Å². The summed E-state index contributed by atoms with van der Waals surface area (Å²) in [6, 6.07) is 16.5. The minimum Gasteiger partial charge on any atom is -0.351 e. The minimum absolute atomic E-state index is 0.0657. The first-order valence-corrected chi connectivity index (χ1v) is 9.29. The van der Waals surface area contributed by atoms with Crippen LogP contribution in [0, 0.1) is 5.82 Å². The van der Waals surface area contributed by atoms with E-state index in [1.54, 1.807) is 23.0 Å². The zero-order valence-corrected chi connectivity index (χ0v) is 15.3. The lowest BCUT2D eigenvalue weighted by Crippen LogP contribution is -2.32. The van der Waals surface area contributed by atoms with Gasteiger partial charge in [0.05, 0.1) is 23.1 Å². The summed E-state index contributed by atoms with van der Waals surface area (Å²) in [6.07, 6.45) is 4.43. The number of benzene rings is 2. The van der Waals surface area contributed by atoms with Crippen LogP contribution in [0.3, 0.4) is 0 Å². The molecular formula is C22H22FN3O. The SMILES string of the molecule is CCc1c(C(=O)NCC2(c3ccccc3)CC2)cnn1-c1ccc(F)cc1. The lowest BCUT2D eigenvalue weighted by Gasteiger charge is -2.16. The van der Waals surface area contributed by atoms with Gasteiger partial charge >= 0.3 is 0 Å². The molecule has 0 aliphatic heterocycles. The second-order valence-electron chi connectivity index (χ2n) is 7.08. The minimum atomic E-state index is -0.294. The Kier molecular flexibility index (Phi) is 4.52. The van der Waals surface area contributed by atoms with E-state index >= 15 is 0 Å². The highest BCUT2D eigenvalue weighted by atomic mass is 19.1. The van der Waals surface area contributed by atoms with E-state index in [0.717, 1.165) is 24.2 Å². The number of carbonyl (C=O) groups is 1. The maximum Gasteiger partial charge on any atom is 0.254 e. The van der Waals surface area contributed by atoms with Gasteiger partial charge in [0.25, 0.3) is 5.91 Å². The van der Waals surface area contributed by atoms with Crippen LogP contribution in [-0.2, 0) is 11.8 Å². The molecule has 1 aliphatic rings. The standard InChI is InChI=1S/C22H22FN3O/c1-2-20-19(14-25-26(20)18-10-8-17(23)9-11-18)21(27)24-15-22(12-13-22)16-6-4-3-5-7-16/h3-11,14H,2,12-13,15H2,1H3,(H,24,27). The van der Waals surface area contributed by atoms with Gasteiger partial charge < -0.3 is 5.32 Å². The van der Waals surface area contributed by atoms with Crippen LogP contribution in [0.15, 0.2) is 60.8 Å². The third-order valence-corrected chi connectivity index (χ3v) is 5.35. The van der Waals surface area contributed by atoms with E-state index in [4.69, 9.17) is 0 Å². The number of hydrogen-bond donors (Lipinski definition) is 1. The lowest BCUT2D eigenvalue weighted by atomic mass is 9.96. The smallest absolute Gasteiger partial charge is 0.254 e. The molecule has 1 heterocycles. The molecule has 27 heavy (non-hydrogen) atoms. The number of amides is 1. The van der Waals surface area contributed by atoms with E-state index in [2.05, 4.69) is 22.5 Å². The Labute approximate surface area is 158 Å². The van der Waals surface area contributed by atoms with Crippen LogP contribution < -0.4 is 5.32 Å². The normalized spacial score (nSPS) is 14.7. The molecule has 0 atom stereocenters. The molecule has 0 saturated heterocycles. The highest BCUT2D eigenvalue weighted by Crippen LogP contribution is 2.47. The van der Waals surface area contributed by atoms with Gasteiger partial charge in [-0.15, -0.1) is 0 Å². The Bertz CT molecular complexity index is 943. The maximum atomic E-state index is 13.2. The van der Waals surface area contributed by atoms with Crippen LogP contribution in [0.4, 0.5) is 4.39 Å². The molecule has 1 aromatic heterocycles. The number of aromatic nitrogens is 2. The monoisotopic (exact) mass is 363 g/mol. The molecule has 138 valence electrons. The van der Waals surface area contributed by atoms with Crippen LogP contribution in [0.5, 0.6) is 0 Å². The molecule has 1 aliphatic carbocycles. The average Bonchev–Trinajstić information content (AvgIpc) is 3.38. The maximum absolute atomic E-state index is 13.2. The number of hydrogen-bond acceptors (Lipinski definition) is 2. The summed E-state index contributed by atoms with van der Waals surface area (Å²) in [5.74, 6) is -0.403. The van der Waals surface area contributed by atoms with Gasteiger partial charge in [0, 0.05) is 12.0 Å². The number of nitrogens with zero attached hydrogens (tertiary/aromatic N) is 2. The Morgan fingerprint density at radius 2 is 1.85 bits per heavy atom. The van der Waals surface area contributed by atoms with Crippen molar-refractivity contribution < 1.29 is 9.18 Å². The Morgan fingerprint density at radius 3 is 2.48 bits per heavy atom. The third kappa shape index (κ3) is 3.37. The topological polar surface area (TPSA) is 46.9 Å². The number of nitrogens with one attached hydrogen (secondary N) is 1. The van der Waals surface area contributed by atoms with Gasteiger partial charge in [-0.1, -0.05) is 37.3 Å². The van der Waals surface area contributed by atoms with Crippen molar-refractivity contribution >= 4 is 5.91 Å². The second kappa shape index (κ2) is 6.99. The second-order valence-corrected chi connectivity index (χ2v) is 7.08. The van der Waals surface area contributed by atoms with Crippen molar-refractivity contribution in [1.82, 2.24) is 15.1 Å². The van der Waals surface area contributed by atoms with Gasteiger partial charge in [0.1, 0.15) is 5.82 Å². The number of rotatable bonds is 6. The van der Waals surface area contributed by atoms with Crippen LogP contribution in [0.1, 0.15) is 41.4 Å². The molecule has 1 N–H and O–H groups in total. The summed E-state index contributed by atoms with van der Waals surface area (Å²) < 4.78 is 14.9. The molecule has 4 rings (SSSR count). The highest BCUT2D eigenvalue weighted by molar-refractivity contribution is 5.95. The first-order chi connectivity index (χ1) is 13.1. The molecule has 5 heteroatoms. The van der Waals surface area contributed by atoms with Gasteiger partial charge in [-0.05, 0) is 49.1 Å². The van der Waals surface area contributed by atoms with Gasteiger partial charge in [-0.2, -0.15) is 5.10 Å². The van der Waals surface area contributed by atoms with Crippen LogP contribution >= 0.6 is 0 Å². The van der Waals surface area contributed by atoms with Crippen molar-refractivity contribution in [3.63, 3.8) is 0 Å². The summed E-state index contributed by atoms with van der Waals surface area (Å²) >= 11 is 0. The predicted octanol–water partition coefficient (Wildman–Crippen LogP) is 4.04. The highest BCUT2D eigenvalue weighted by Gasteiger charge is 2.44.